The normalized spacial score (nSPS) is 16.9. The van der Waals surface area contributed by atoms with Crippen molar-refractivity contribution in [3.63, 3.8) is 0 Å². The number of ether oxygens (including phenoxy) is 2. The van der Waals surface area contributed by atoms with Crippen LogP contribution in [0.2, 0.25) is 5.02 Å². The number of halogens is 1. The lowest BCUT2D eigenvalue weighted by atomic mass is 10.2. The maximum absolute atomic E-state index is 5.98. The predicted molar refractivity (Wildman–Crippen MR) is 71.8 cm³/mol. The largest absolute Gasteiger partial charge is 0.347 e. The fraction of sp³-hybridized carbons (Fsp3) is 0.308. The Kier molecular flexibility index (Phi) is 3.61. The first-order valence-electron chi connectivity index (χ1n) is 5.77. The van der Waals surface area contributed by atoms with Gasteiger partial charge in [-0.15, -0.1) is 11.3 Å². The topological polar surface area (TPSA) is 31.4 Å². The summed E-state index contributed by atoms with van der Waals surface area (Å²) in [4.78, 5) is 4.56. The Hall–Kier alpha value is -0.940. The number of hydrogen-bond acceptors (Lipinski definition) is 4. The Morgan fingerprint density at radius 2 is 2.11 bits per heavy atom. The Balaban J connectivity index is 1.84. The van der Waals surface area contributed by atoms with E-state index in [1.807, 2.05) is 29.6 Å². The van der Waals surface area contributed by atoms with Crippen LogP contribution in [0.1, 0.15) is 18.4 Å². The summed E-state index contributed by atoms with van der Waals surface area (Å²) >= 11 is 7.55. The molecular weight excluding hydrogens is 270 g/mol. The van der Waals surface area contributed by atoms with Crippen LogP contribution in [-0.2, 0) is 9.47 Å². The zero-order valence-corrected chi connectivity index (χ0v) is 11.2. The Morgan fingerprint density at radius 1 is 1.28 bits per heavy atom. The van der Waals surface area contributed by atoms with E-state index in [9.17, 15) is 0 Å². The molecule has 94 valence electrons. The SMILES string of the molecule is Clc1cccc(-c2nc(C3OCCCO3)cs2)c1. The standard InChI is InChI=1S/C13H12ClNO2S/c14-10-4-1-3-9(7-10)12-15-11(8-18-12)13-16-5-2-6-17-13/h1,3-4,7-8,13H,2,5-6H2. The lowest BCUT2D eigenvalue weighted by molar-refractivity contribution is -0.184. The average Bonchev–Trinajstić information content (AvgIpc) is 2.89. The Bertz CT molecular complexity index is 537. The number of nitrogens with zero attached hydrogens (tertiary/aromatic N) is 1. The van der Waals surface area contributed by atoms with E-state index in [1.165, 1.54) is 0 Å². The highest BCUT2D eigenvalue weighted by Crippen LogP contribution is 2.30. The molecule has 3 nitrogen and oxygen atoms in total. The van der Waals surface area contributed by atoms with Crippen molar-refractivity contribution in [1.29, 1.82) is 0 Å². The first-order valence-corrected chi connectivity index (χ1v) is 7.03. The van der Waals surface area contributed by atoms with Crippen LogP contribution in [0.15, 0.2) is 29.6 Å². The number of aromatic nitrogens is 1. The maximum atomic E-state index is 5.98. The molecule has 0 bridgehead atoms. The van der Waals surface area contributed by atoms with Gasteiger partial charge in [-0.3, -0.25) is 0 Å². The summed E-state index contributed by atoms with van der Waals surface area (Å²) in [6, 6.07) is 7.68. The smallest absolute Gasteiger partial charge is 0.201 e. The second kappa shape index (κ2) is 5.36. The fourth-order valence-electron chi connectivity index (χ4n) is 1.81. The summed E-state index contributed by atoms with van der Waals surface area (Å²) in [6.45, 7) is 1.46. The van der Waals surface area contributed by atoms with E-state index in [0.717, 1.165) is 40.9 Å². The molecule has 2 aromatic rings. The van der Waals surface area contributed by atoms with E-state index >= 15 is 0 Å². The lowest BCUT2D eigenvalue weighted by Gasteiger charge is -2.21. The maximum Gasteiger partial charge on any atom is 0.201 e. The molecule has 1 saturated heterocycles. The zero-order chi connectivity index (χ0) is 12.4. The van der Waals surface area contributed by atoms with Crippen LogP contribution in [0.3, 0.4) is 0 Å². The summed E-state index contributed by atoms with van der Waals surface area (Å²) in [6.07, 6.45) is 0.629. The minimum absolute atomic E-state index is 0.317. The van der Waals surface area contributed by atoms with Crippen molar-refractivity contribution in [2.24, 2.45) is 0 Å². The van der Waals surface area contributed by atoms with Crippen LogP contribution >= 0.6 is 22.9 Å². The number of thiazole rings is 1. The minimum Gasteiger partial charge on any atom is -0.347 e. The molecule has 0 saturated carbocycles. The molecule has 5 heteroatoms. The van der Waals surface area contributed by atoms with Crippen molar-refractivity contribution in [2.45, 2.75) is 12.7 Å². The first-order chi connectivity index (χ1) is 8.83. The van der Waals surface area contributed by atoms with Crippen molar-refractivity contribution in [3.05, 3.63) is 40.4 Å². The third-order valence-corrected chi connectivity index (χ3v) is 3.81. The lowest BCUT2D eigenvalue weighted by Crippen LogP contribution is -2.17. The van der Waals surface area contributed by atoms with Crippen LogP contribution in [0, 0.1) is 0 Å². The molecule has 0 spiro atoms. The second-order valence-electron chi connectivity index (χ2n) is 4.01. The Morgan fingerprint density at radius 3 is 2.89 bits per heavy atom. The monoisotopic (exact) mass is 281 g/mol. The highest BCUT2D eigenvalue weighted by atomic mass is 35.5. The highest BCUT2D eigenvalue weighted by Gasteiger charge is 2.19. The highest BCUT2D eigenvalue weighted by molar-refractivity contribution is 7.13. The fourth-order valence-corrected chi connectivity index (χ4v) is 2.81. The summed E-state index contributed by atoms with van der Waals surface area (Å²) in [7, 11) is 0. The van der Waals surface area contributed by atoms with Crippen molar-refractivity contribution in [3.8, 4) is 10.6 Å². The van der Waals surface area contributed by atoms with Crippen molar-refractivity contribution >= 4 is 22.9 Å². The molecule has 0 radical (unpaired) electrons. The van der Waals surface area contributed by atoms with Crippen molar-refractivity contribution < 1.29 is 9.47 Å². The van der Waals surface area contributed by atoms with Gasteiger partial charge in [-0.25, -0.2) is 4.98 Å². The molecule has 2 heterocycles. The molecule has 1 aromatic carbocycles. The van der Waals surface area contributed by atoms with Gasteiger partial charge >= 0.3 is 0 Å². The molecular formula is C13H12ClNO2S. The van der Waals surface area contributed by atoms with Gasteiger partial charge in [-0.2, -0.15) is 0 Å². The van der Waals surface area contributed by atoms with Crippen molar-refractivity contribution in [1.82, 2.24) is 4.98 Å². The van der Waals surface area contributed by atoms with E-state index in [4.69, 9.17) is 21.1 Å². The molecule has 3 rings (SSSR count). The van der Waals surface area contributed by atoms with E-state index in [0.29, 0.717) is 0 Å². The van der Waals surface area contributed by atoms with Gasteiger partial charge in [-0.1, -0.05) is 23.7 Å². The molecule has 0 atom stereocenters. The van der Waals surface area contributed by atoms with Crippen LogP contribution in [0.4, 0.5) is 0 Å². The minimum atomic E-state index is -0.317. The van der Waals surface area contributed by atoms with E-state index < -0.39 is 0 Å². The van der Waals surface area contributed by atoms with E-state index in [-0.39, 0.29) is 6.29 Å². The third kappa shape index (κ3) is 2.57. The van der Waals surface area contributed by atoms with Gasteiger partial charge in [0, 0.05) is 16.0 Å². The first kappa shape index (κ1) is 12.1. The third-order valence-electron chi connectivity index (χ3n) is 2.66. The quantitative estimate of drug-likeness (QED) is 0.837. The second-order valence-corrected chi connectivity index (χ2v) is 5.31. The van der Waals surface area contributed by atoms with Crippen LogP contribution < -0.4 is 0 Å². The molecule has 0 unspecified atom stereocenters. The van der Waals surface area contributed by atoms with Gasteiger partial charge in [0.1, 0.15) is 10.7 Å². The van der Waals surface area contributed by atoms with Crippen LogP contribution in [-0.4, -0.2) is 18.2 Å². The van der Waals surface area contributed by atoms with Gasteiger partial charge in [0.2, 0.25) is 6.29 Å². The number of hydrogen-bond donors (Lipinski definition) is 0. The molecule has 1 fully saturated rings. The summed E-state index contributed by atoms with van der Waals surface area (Å²) in [5.74, 6) is 0. The van der Waals surface area contributed by atoms with E-state index in [2.05, 4.69) is 4.98 Å². The van der Waals surface area contributed by atoms with Crippen LogP contribution in [0.25, 0.3) is 10.6 Å². The average molecular weight is 282 g/mol. The zero-order valence-electron chi connectivity index (χ0n) is 9.64. The van der Waals surface area contributed by atoms with Gasteiger partial charge in [0.05, 0.1) is 13.2 Å². The molecule has 18 heavy (non-hydrogen) atoms. The summed E-state index contributed by atoms with van der Waals surface area (Å²) in [5.41, 5.74) is 1.87. The molecule has 1 aliphatic heterocycles. The Labute approximate surface area is 114 Å². The summed E-state index contributed by atoms with van der Waals surface area (Å²) in [5, 5.41) is 3.63. The predicted octanol–water partition coefficient (Wildman–Crippen LogP) is 3.90. The van der Waals surface area contributed by atoms with Gasteiger partial charge in [0.15, 0.2) is 0 Å². The van der Waals surface area contributed by atoms with Gasteiger partial charge in [-0.05, 0) is 18.6 Å². The molecule has 0 N–H and O–H groups in total. The molecule has 0 aliphatic carbocycles. The van der Waals surface area contributed by atoms with E-state index in [1.54, 1.807) is 11.3 Å². The van der Waals surface area contributed by atoms with Crippen LogP contribution in [0.5, 0.6) is 0 Å². The van der Waals surface area contributed by atoms with Gasteiger partial charge < -0.3 is 9.47 Å². The number of rotatable bonds is 2. The molecule has 0 amide bonds. The van der Waals surface area contributed by atoms with Crippen molar-refractivity contribution in [2.75, 3.05) is 13.2 Å². The number of benzene rings is 1. The van der Waals surface area contributed by atoms with Gasteiger partial charge in [0.25, 0.3) is 0 Å². The molecule has 1 aromatic heterocycles. The summed E-state index contributed by atoms with van der Waals surface area (Å²) < 4.78 is 11.1. The molecule has 1 aliphatic rings.